The molecule has 0 unspecified atom stereocenters. The Labute approximate surface area is 82.3 Å². The minimum absolute atomic E-state index is 0.704. The van der Waals surface area contributed by atoms with Gasteiger partial charge in [-0.05, 0) is 30.7 Å². The number of rotatable bonds is 1. The van der Waals surface area contributed by atoms with E-state index in [1.54, 1.807) is 24.7 Å². The van der Waals surface area contributed by atoms with Crippen LogP contribution in [-0.4, -0.2) is 0 Å². The van der Waals surface area contributed by atoms with E-state index in [2.05, 4.69) is 0 Å². The molecule has 0 amide bonds. The van der Waals surface area contributed by atoms with Gasteiger partial charge in [-0.25, -0.2) is 0 Å². The summed E-state index contributed by atoms with van der Waals surface area (Å²) in [6.45, 7) is 1.97. The van der Waals surface area contributed by atoms with E-state index in [1.165, 1.54) is 0 Å². The van der Waals surface area contributed by atoms with E-state index in [1.807, 2.05) is 13.0 Å². The Morgan fingerprint density at radius 3 is 2.50 bits per heavy atom. The van der Waals surface area contributed by atoms with Crippen LogP contribution in [-0.2, 0) is 0 Å². The molecule has 1 heterocycles. The summed E-state index contributed by atoms with van der Waals surface area (Å²) < 4.78 is 5.10. The third-order valence-corrected chi connectivity index (χ3v) is 2.22. The lowest BCUT2D eigenvalue weighted by Gasteiger charge is -2.05. The van der Waals surface area contributed by atoms with Gasteiger partial charge in [0.2, 0.25) is 0 Å². The summed E-state index contributed by atoms with van der Waals surface area (Å²) in [5, 5.41) is 0. The molecule has 0 aliphatic heterocycles. The maximum absolute atomic E-state index is 5.85. The molecule has 0 saturated heterocycles. The second kappa shape index (κ2) is 3.10. The molecule has 0 aliphatic carbocycles. The van der Waals surface area contributed by atoms with Crippen molar-refractivity contribution < 1.29 is 4.42 Å². The van der Waals surface area contributed by atoms with Gasteiger partial charge < -0.3 is 15.9 Å². The number of hydrogen-bond acceptors (Lipinski definition) is 3. The molecule has 14 heavy (non-hydrogen) atoms. The van der Waals surface area contributed by atoms with Crippen LogP contribution in [0.25, 0.3) is 11.1 Å². The van der Waals surface area contributed by atoms with Crippen LogP contribution >= 0.6 is 0 Å². The lowest BCUT2D eigenvalue weighted by molar-refractivity contribution is 0.566. The molecule has 3 heteroatoms. The smallest absolute Gasteiger partial charge is 0.0984 e. The first-order valence-corrected chi connectivity index (χ1v) is 4.36. The average molecular weight is 188 g/mol. The molecule has 3 nitrogen and oxygen atoms in total. The Morgan fingerprint density at radius 2 is 1.86 bits per heavy atom. The van der Waals surface area contributed by atoms with E-state index in [4.69, 9.17) is 15.9 Å². The van der Waals surface area contributed by atoms with Gasteiger partial charge in [-0.2, -0.15) is 0 Å². The summed E-state index contributed by atoms with van der Waals surface area (Å²) in [7, 11) is 0. The van der Waals surface area contributed by atoms with Crippen LogP contribution in [0.2, 0.25) is 0 Å². The third-order valence-electron chi connectivity index (χ3n) is 2.22. The van der Waals surface area contributed by atoms with Gasteiger partial charge in [-0.3, -0.25) is 0 Å². The Balaban J connectivity index is 2.62. The predicted molar refractivity (Wildman–Crippen MR) is 57.7 cm³/mol. The number of furan rings is 1. The molecule has 1 aromatic carbocycles. The fourth-order valence-corrected chi connectivity index (χ4v) is 1.44. The highest BCUT2D eigenvalue weighted by Crippen LogP contribution is 2.30. The zero-order chi connectivity index (χ0) is 10.1. The molecular weight excluding hydrogens is 176 g/mol. The molecule has 0 fully saturated rings. The van der Waals surface area contributed by atoms with Crippen molar-refractivity contribution in [2.75, 3.05) is 11.5 Å². The Kier molecular flexibility index (Phi) is 1.93. The highest BCUT2D eigenvalue weighted by atomic mass is 16.3. The molecule has 0 saturated carbocycles. The van der Waals surface area contributed by atoms with Crippen molar-refractivity contribution in [1.82, 2.24) is 0 Å². The molecular formula is C11H12N2O. The quantitative estimate of drug-likeness (QED) is 0.675. The first-order valence-electron chi connectivity index (χ1n) is 4.36. The maximum atomic E-state index is 5.85. The van der Waals surface area contributed by atoms with E-state index < -0.39 is 0 Å². The topological polar surface area (TPSA) is 65.2 Å². The van der Waals surface area contributed by atoms with E-state index in [0.717, 1.165) is 16.7 Å². The van der Waals surface area contributed by atoms with E-state index in [-0.39, 0.29) is 0 Å². The predicted octanol–water partition coefficient (Wildman–Crippen LogP) is 2.42. The molecule has 2 rings (SSSR count). The summed E-state index contributed by atoms with van der Waals surface area (Å²) >= 11 is 0. The van der Waals surface area contributed by atoms with Gasteiger partial charge in [0.05, 0.1) is 12.5 Å². The normalized spacial score (nSPS) is 10.4. The van der Waals surface area contributed by atoms with Crippen molar-refractivity contribution in [2.24, 2.45) is 0 Å². The number of hydrogen-bond donors (Lipinski definition) is 2. The van der Waals surface area contributed by atoms with Crippen LogP contribution in [0.1, 0.15) is 5.56 Å². The Hall–Kier alpha value is -1.90. The van der Waals surface area contributed by atoms with E-state index in [0.29, 0.717) is 11.4 Å². The fraction of sp³-hybridized carbons (Fsp3) is 0.0909. The van der Waals surface area contributed by atoms with E-state index >= 15 is 0 Å². The van der Waals surface area contributed by atoms with Crippen LogP contribution in [0.4, 0.5) is 11.4 Å². The fourth-order valence-electron chi connectivity index (χ4n) is 1.44. The van der Waals surface area contributed by atoms with Crippen molar-refractivity contribution in [2.45, 2.75) is 6.92 Å². The van der Waals surface area contributed by atoms with Gasteiger partial charge >= 0.3 is 0 Å². The maximum Gasteiger partial charge on any atom is 0.0984 e. The molecule has 0 atom stereocenters. The molecule has 0 bridgehead atoms. The minimum atomic E-state index is 0.704. The van der Waals surface area contributed by atoms with Gasteiger partial charge in [0.1, 0.15) is 0 Å². The Bertz CT molecular complexity index is 460. The number of nitrogens with two attached hydrogens (primary N) is 2. The van der Waals surface area contributed by atoms with Crippen LogP contribution < -0.4 is 11.5 Å². The summed E-state index contributed by atoms with van der Waals surface area (Å²) in [5.41, 5.74) is 15.9. The van der Waals surface area contributed by atoms with Crippen LogP contribution in [0, 0.1) is 6.92 Å². The molecule has 0 spiro atoms. The molecule has 2 aromatic rings. The zero-order valence-electron chi connectivity index (χ0n) is 7.95. The molecule has 1 aromatic heterocycles. The highest BCUT2D eigenvalue weighted by Gasteiger charge is 2.07. The highest BCUT2D eigenvalue weighted by molar-refractivity contribution is 5.80. The van der Waals surface area contributed by atoms with Crippen molar-refractivity contribution in [3.63, 3.8) is 0 Å². The van der Waals surface area contributed by atoms with Gasteiger partial charge in [-0.1, -0.05) is 0 Å². The van der Waals surface area contributed by atoms with Crippen molar-refractivity contribution in [3.8, 4) is 11.1 Å². The molecule has 0 aliphatic rings. The van der Waals surface area contributed by atoms with Gasteiger partial charge in [-0.15, -0.1) is 0 Å². The van der Waals surface area contributed by atoms with Gasteiger partial charge in [0, 0.05) is 22.5 Å². The number of benzene rings is 1. The standard InChI is InChI=1S/C11H12N2O/c1-7-5-14-6-10(7)9-4-8(12)2-3-11(9)13/h2-6H,12-13H2,1H3. The lowest BCUT2D eigenvalue weighted by atomic mass is 10.0. The lowest BCUT2D eigenvalue weighted by Crippen LogP contribution is -1.92. The SMILES string of the molecule is Cc1cocc1-c1cc(N)ccc1N. The molecule has 0 radical (unpaired) electrons. The number of nitrogen functional groups attached to an aromatic ring is 2. The number of anilines is 2. The second-order valence-corrected chi connectivity index (χ2v) is 3.32. The summed E-state index contributed by atoms with van der Waals surface area (Å²) in [4.78, 5) is 0. The van der Waals surface area contributed by atoms with E-state index in [9.17, 15) is 0 Å². The van der Waals surface area contributed by atoms with Gasteiger partial charge in [0.25, 0.3) is 0 Å². The minimum Gasteiger partial charge on any atom is -0.472 e. The van der Waals surface area contributed by atoms with Crippen LogP contribution in [0.15, 0.2) is 35.1 Å². The first kappa shape index (κ1) is 8.69. The third kappa shape index (κ3) is 1.33. The van der Waals surface area contributed by atoms with Crippen molar-refractivity contribution >= 4 is 11.4 Å². The first-order chi connectivity index (χ1) is 6.68. The molecule has 4 N–H and O–H groups in total. The second-order valence-electron chi connectivity index (χ2n) is 3.32. The van der Waals surface area contributed by atoms with Crippen molar-refractivity contribution in [1.29, 1.82) is 0 Å². The summed E-state index contributed by atoms with van der Waals surface area (Å²) in [5.74, 6) is 0. The van der Waals surface area contributed by atoms with Crippen molar-refractivity contribution in [3.05, 3.63) is 36.3 Å². The molecule has 72 valence electrons. The van der Waals surface area contributed by atoms with Crippen LogP contribution in [0.3, 0.4) is 0 Å². The largest absolute Gasteiger partial charge is 0.472 e. The number of aryl methyl sites for hydroxylation is 1. The summed E-state index contributed by atoms with van der Waals surface area (Å²) in [6.07, 6.45) is 3.37. The van der Waals surface area contributed by atoms with Crippen LogP contribution in [0.5, 0.6) is 0 Å². The Morgan fingerprint density at radius 1 is 1.07 bits per heavy atom. The van der Waals surface area contributed by atoms with Gasteiger partial charge in [0.15, 0.2) is 0 Å². The average Bonchev–Trinajstić information content (AvgIpc) is 2.56. The zero-order valence-corrected chi connectivity index (χ0v) is 7.95. The summed E-state index contributed by atoms with van der Waals surface area (Å²) in [6, 6.07) is 5.44. The monoisotopic (exact) mass is 188 g/mol.